The van der Waals surface area contributed by atoms with E-state index in [1.807, 2.05) is 0 Å². The lowest BCUT2D eigenvalue weighted by Crippen LogP contribution is -2.16. The standard InChI is InChI=1S/C56H49N/c1-54(2,3)39-28-23-36(24-29-39)37-25-30-40(31-26-37)57(41-32-33-49-46(35-41)43-17-10-12-20-47(43)55(49,4)5)51-34-27-38-15-8-9-16-42(38)53(51)45-19-14-22-50-52(45)44-18-11-13-21-48(44)56(50,6)7/h8-35H,1-7H3. The van der Waals surface area contributed by atoms with E-state index < -0.39 is 0 Å². The highest BCUT2D eigenvalue weighted by molar-refractivity contribution is 6.09. The number of hydrogen-bond acceptors (Lipinski definition) is 1. The molecule has 1 heteroatoms. The van der Waals surface area contributed by atoms with Crippen LogP contribution < -0.4 is 4.90 Å². The molecule has 0 bridgehead atoms. The molecule has 0 aliphatic heterocycles. The van der Waals surface area contributed by atoms with Gasteiger partial charge in [-0.2, -0.15) is 0 Å². The Bertz CT molecular complexity index is 2860. The van der Waals surface area contributed by atoms with Crippen molar-refractivity contribution in [3.63, 3.8) is 0 Å². The van der Waals surface area contributed by atoms with Crippen molar-refractivity contribution in [2.75, 3.05) is 4.90 Å². The van der Waals surface area contributed by atoms with Gasteiger partial charge >= 0.3 is 0 Å². The lowest BCUT2D eigenvalue weighted by atomic mass is 9.81. The van der Waals surface area contributed by atoms with Crippen molar-refractivity contribution in [1.82, 2.24) is 0 Å². The average Bonchev–Trinajstić information content (AvgIpc) is 3.60. The third-order valence-electron chi connectivity index (χ3n) is 13.1. The van der Waals surface area contributed by atoms with Crippen LogP contribution >= 0.6 is 0 Å². The fraction of sp³-hybridized carbons (Fsp3) is 0.179. The monoisotopic (exact) mass is 735 g/mol. The fourth-order valence-electron chi connectivity index (χ4n) is 9.93. The zero-order chi connectivity index (χ0) is 39.3. The molecule has 0 spiro atoms. The summed E-state index contributed by atoms with van der Waals surface area (Å²) in [5, 5.41) is 2.48. The molecule has 0 saturated heterocycles. The minimum Gasteiger partial charge on any atom is -0.310 e. The van der Waals surface area contributed by atoms with Crippen LogP contribution in [0.15, 0.2) is 170 Å². The molecule has 0 radical (unpaired) electrons. The summed E-state index contributed by atoms with van der Waals surface area (Å²) in [7, 11) is 0. The summed E-state index contributed by atoms with van der Waals surface area (Å²) in [4.78, 5) is 2.51. The van der Waals surface area contributed by atoms with Crippen molar-refractivity contribution in [2.45, 2.75) is 64.7 Å². The Kier molecular flexibility index (Phi) is 7.83. The van der Waals surface area contributed by atoms with Crippen molar-refractivity contribution in [2.24, 2.45) is 0 Å². The predicted molar refractivity (Wildman–Crippen MR) is 243 cm³/mol. The number of nitrogens with zero attached hydrogens (tertiary/aromatic N) is 1. The lowest BCUT2D eigenvalue weighted by molar-refractivity contribution is 0.590. The number of rotatable bonds is 5. The second-order valence-corrected chi connectivity index (χ2v) is 18.2. The van der Waals surface area contributed by atoms with Crippen LogP contribution in [0.3, 0.4) is 0 Å². The maximum absolute atomic E-state index is 2.51. The Morgan fingerprint density at radius 3 is 1.67 bits per heavy atom. The van der Waals surface area contributed by atoms with E-state index in [1.165, 1.54) is 83.1 Å². The van der Waals surface area contributed by atoms with Gasteiger partial charge in [0.2, 0.25) is 0 Å². The first-order chi connectivity index (χ1) is 27.4. The van der Waals surface area contributed by atoms with Crippen LogP contribution in [-0.2, 0) is 16.2 Å². The van der Waals surface area contributed by atoms with Crippen molar-refractivity contribution >= 4 is 27.8 Å². The van der Waals surface area contributed by atoms with E-state index in [4.69, 9.17) is 0 Å². The second-order valence-electron chi connectivity index (χ2n) is 18.2. The summed E-state index contributed by atoms with van der Waals surface area (Å²) in [6.07, 6.45) is 0. The molecule has 0 amide bonds. The van der Waals surface area contributed by atoms with Gasteiger partial charge in [0, 0.05) is 27.8 Å². The van der Waals surface area contributed by atoms with Crippen LogP contribution in [0.5, 0.6) is 0 Å². The molecule has 1 nitrogen and oxygen atoms in total. The minimum absolute atomic E-state index is 0.0711. The van der Waals surface area contributed by atoms with Gasteiger partial charge in [-0.1, -0.05) is 188 Å². The topological polar surface area (TPSA) is 3.24 Å². The number of fused-ring (bicyclic) bond motifs is 7. The van der Waals surface area contributed by atoms with E-state index in [0.717, 1.165) is 17.1 Å². The van der Waals surface area contributed by atoms with Gasteiger partial charge in [-0.25, -0.2) is 0 Å². The minimum atomic E-state index is -0.104. The highest BCUT2D eigenvalue weighted by atomic mass is 15.1. The Morgan fingerprint density at radius 2 is 0.947 bits per heavy atom. The summed E-state index contributed by atoms with van der Waals surface area (Å²) in [6.45, 7) is 16.3. The van der Waals surface area contributed by atoms with Crippen molar-refractivity contribution in [1.29, 1.82) is 0 Å². The smallest absolute Gasteiger partial charge is 0.0546 e. The maximum Gasteiger partial charge on any atom is 0.0546 e. The fourth-order valence-corrected chi connectivity index (χ4v) is 9.93. The molecule has 8 aromatic rings. The predicted octanol–water partition coefficient (Wildman–Crippen LogP) is 15.6. The highest BCUT2D eigenvalue weighted by Crippen LogP contribution is 2.56. The van der Waals surface area contributed by atoms with Gasteiger partial charge in [0.25, 0.3) is 0 Å². The van der Waals surface area contributed by atoms with Gasteiger partial charge in [-0.15, -0.1) is 0 Å². The van der Waals surface area contributed by atoms with Gasteiger partial charge in [0.15, 0.2) is 0 Å². The average molecular weight is 736 g/mol. The molecule has 0 N–H and O–H groups in total. The van der Waals surface area contributed by atoms with Crippen LogP contribution in [0.1, 0.15) is 76.3 Å². The van der Waals surface area contributed by atoms with E-state index in [1.54, 1.807) is 0 Å². The molecule has 10 rings (SSSR count). The molecule has 2 aliphatic rings. The first-order valence-electron chi connectivity index (χ1n) is 20.4. The number of anilines is 3. The quantitative estimate of drug-likeness (QED) is 0.170. The van der Waals surface area contributed by atoms with E-state index >= 15 is 0 Å². The molecule has 8 aromatic carbocycles. The molecule has 278 valence electrons. The van der Waals surface area contributed by atoms with Crippen LogP contribution in [0.4, 0.5) is 17.1 Å². The van der Waals surface area contributed by atoms with Gasteiger partial charge < -0.3 is 4.90 Å². The molecule has 0 heterocycles. The van der Waals surface area contributed by atoms with E-state index in [0.29, 0.717) is 0 Å². The first-order valence-corrected chi connectivity index (χ1v) is 20.4. The lowest BCUT2D eigenvalue weighted by Gasteiger charge is -2.30. The van der Waals surface area contributed by atoms with E-state index in [9.17, 15) is 0 Å². The molecular weight excluding hydrogens is 687 g/mol. The summed E-state index contributed by atoms with van der Waals surface area (Å²) in [5.41, 5.74) is 20.5. The third-order valence-corrected chi connectivity index (χ3v) is 13.1. The molecule has 57 heavy (non-hydrogen) atoms. The molecule has 2 aliphatic carbocycles. The van der Waals surface area contributed by atoms with Crippen molar-refractivity contribution in [3.05, 3.63) is 198 Å². The molecule has 0 atom stereocenters. The van der Waals surface area contributed by atoms with Gasteiger partial charge in [-0.05, 0) is 113 Å². The van der Waals surface area contributed by atoms with Crippen LogP contribution in [0.25, 0.3) is 55.3 Å². The first kappa shape index (κ1) is 35.2. The normalized spacial score (nSPS) is 14.5. The largest absolute Gasteiger partial charge is 0.310 e. The van der Waals surface area contributed by atoms with Crippen molar-refractivity contribution in [3.8, 4) is 44.5 Å². The molecular formula is C56H49N. The Morgan fingerprint density at radius 1 is 0.404 bits per heavy atom. The van der Waals surface area contributed by atoms with Gasteiger partial charge in [0.1, 0.15) is 0 Å². The summed E-state index contributed by atoms with van der Waals surface area (Å²) in [5.74, 6) is 0. The third kappa shape index (κ3) is 5.43. The molecule has 0 saturated carbocycles. The Balaban J connectivity index is 1.23. The maximum atomic E-state index is 2.51. The number of benzene rings is 8. The van der Waals surface area contributed by atoms with Crippen molar-refractivity contribution < 1.29 is 0 Å². The van der Waals surface area contributed by atoms with E-state index in [-0.39, 0.29) is 16.2 Å². The van der Waals surface area contributed by atoms with Gasteiger partial charge in [0.05, 0.1) is 5.69 Å². The second kappa shape index (κ2) is 12.7. The Hall–Kier alpha value is -6.18. The van der Waals surface area contributed by atoms with Crippen LogP contribution in [0.2, 0.25) is 0 Å². The Labute approximate surface area is 338 Å². The molecule has 0 unspecified atom stereocenters. The highest BCUT2D eigenvalue weighted by Gasteiger charge is 2.38. The molecule has 0 fully saturated rings. The van der Waals surface area contributed by atoms with E-state index in [2.05, 4.69) is 223 Å². The summed E-state index contributed by atoms with van der Waals surface area (Å²) in [6, 6.07) is 64.0. The SMILES string of the molecule is CC(C)(C)c1ccc(-c2ccc(N(c3ccc4c(c3)-c3ccccc3C4(C)C)c3ccc4ccccc4c3-c3cccc4c3-c3ccccc3C4(C)C)cc2)cc1. The zero-order valence-electron chi connectivity index (χ0n) is 34.1. The molecule has 0 aromatic heterocycles. The summed E-state index contributed by atoms with van der Waals surface area (Å²) < 4.78 is 0. The van der Waals surface area contributed by atoms with Crippen LogP contribution in [-0.4, -0.2) is 0 Å². The zero-order valence-corrected chi connectivity index (χ0v) is 34.1. The van der Waals surface area contributed by atoms with Crippen LogP contribution in [0, 0.1) is 0 Å². The van der Waals surface area contributed by atoms with Gasteiger partial charge in [-0.3, -0.25) is 0 Å². The summed E-state index contributed by atoms with van der Waals surface area (Å²) >= 11 is 0. The number of hydrogen-bond donors (Lipinski definition) is 0.